The Balaban J connectivity index is 1.27. The molecular formula is C22H29N5O2S. The molecule has 3 heterocycles. The summed E-state index contributed by atoms with van der Waals surface area (Å²) >= 11 is 1.78. The molecule has 160 valence electrons. The Bertz CT molecular complexity index is 912. The number of carbonyl (C=O) groups is 1. The Morgan fingerprint density at radius 3 is 3.00 bits per heavy atom. The fourth-order valence-corrected chi connectivity index (χ4v) is 5.00. The van der Waals surface area contributed by atoms with Gasteiger partial charge in [-0.1, -0.05) is 12.1 Å². The van der Waals surface area contributed by atoms with Crippen molar-refractivity contribution < 1.29 is 9.53 Å². The van der Waals surface area contributed by atoms with Crippen LogP contribution in [-0.2, 0) is 17.8 Å². The van der Waals surface area contributed by atoms with Crippen LogP contribution in [0.25, 0.3) is 0 Å². The number of benzene rings is 1. The van der Waals surface area contributed by atoms with Crippen LogP contribution in [0.1, 0.15) is 16.9 Å². The van der Waals surface area contributed by atoms with E-state index in [4.69, 9.17) is 4.74 Å². The molecule has 0 radical (unpaired) electrons. The summed E-state index contributed by atoms with van der Waals surface area (Å²) in [7, 11) is 3.44. The molecule has 0 bridgehead atoms. The Morgan fingerprint density at radius 1 is 1.30 bits per heavy atom. The van der Waals surface area contributed by atoms with Gasteiger partial charge in [0.15, 0.2) is 5.96 Å². The summed E-state index contributed by atoms with van der Waals surface area (Å²) in [5, 5.41) is 8.77. The maximum atomic E-state index is 12.7. The van der Waals surface area contributed by atoms with Crippen LogP contribution in [0, 0.1) is 0 Å². The number of fused-ring (bicyclic) bond motifs is 1. The highest BCUT2D eigenvalue weighted by molar-refractivity contribution is 7.10. The van der Waals surface area contributed by atoms with E-state index in [0.29, 0.717) is 12.5 Å². The first-order valence-electron chi connectivity index (χ1n) is 10.4. The van der Waals surface area contributed by atoms with Gasteiger partial charge in [-0.3, -0.25) is 9.79 Å². The lowest BCUT2D eigenvalue weighted by Crippen LogP contribution is -2.48. The van der Waals surface area contributed by atoms with E-state index in [1.807, 2.05) is 23.1 Å². The van der Waals surface area contributed by atoms with E-state index in [1.54, 1.807) is 25.5 Å². The number of nitrogens with one attached hydrogen (secondary N) is 2. The molecule has 0 aliphatic carbocycles. The maximum Gasteiger partial charge on any atom is 0.242 e. The molecule has 2 aliphatic rings. The van der Waals surface area contributed by atoms with Crippen molar-refractivity contribution in [2.45, 2.75) is 25.4 Å². The minimum Gasteiger partial charge on any atom is -0.495 e. The van der Waals surface area contributed by atoms with Crippen LogP contribution in [0.5, 0.6) is 5.75 Å². The van der Waals surface area contributed by atoms with Crippen molar-refractivity contribution in [1.29, 1.82) is 0 Å². The third-order valence-corrected chi connectivity index (χ3v) is 6.77. The Kier molecular flexibility index (Phi) is 6.42. The zero-order valence-electron chi connectivity index (χ0n) is 17.6. The summed E-state index contributed by atoms with van der Waals surface area (Å²) in [5.74, 6) is 1.67. The quantitative estimate of drug-likeness (QED) is 0.565. The van der Waals surface area contributed by atoms with Crippen LogP contribution in [0.15, 0.2) is 40.7 Å². The predicted octanol–water partition coefficient (Wildman–Crippen LogP) is 2.09. The lowest BCUT2D eigenvalue weighted by Gasteiger charge is -2.27. The number of methoxy groups -OCH3 is 1. The van der Waals surface area contributed by atoms with E-state index in [0.717, 1.165) is 43.9 Å². The van der Waals surface area contributed by atoms with Gasteiger partial charge in [-0.05, 0) is 42.0 Å². The molecule has 0 saturated carbocycles. The second-order valence-corrected chi connectivity index (χ2v) is 8.61. The fourth-order valence-electron chi connectivity index (χ4n) is 4.11. The van der Waals surface area contributed by atoms with Crippen molar-refractivity contribution in [3.63, 3.8) is 0 Å². The third kappa shape index (κ3) is 4.53. The fraction of sp³-hybridized carbons (Fsp3) is 0.455. The van der Waals surface area contributed by atoms with Crippen molar-refractivity contribution >= 4 is 28.9 Å². The molecule has 30 heavy (non-hydrogen) atoms. The van der Waals surface area contributed by atoms with E-state index >= 15 is 0 Å². The number of aliphatic imine (C=N–C) groups is 1. The van der Waals surface area contributed by atoms with Crippen molar-refractivity contribution in [2.24, 2.45) is 4.99 Å². The highest BCUT2D eigenvalue weighted by atomic mass is 32.1. The second kappa shape index (κ2) is 9.38. The Morgan fingerprint density at radius 2 is 2.17 bits per heavy atom. The number of hydrogen-bond acceptors (Lipinski definition) is 5. The molecule has 2 aromatic rings. The number of para-hydroxylation sites is 2. The summed E-state index contributed by atoms with van der Waals surface area (Å²) in [4.78, 5) is 22.6. The summed E-state index contributed by atoms with van der Waals surface area (Å²) in [6.07, 6.45) is 1.95. The van der Waals surface area contributed by atoms with E-state index in [9.17, 15) is 4.79 Å². The SMILES string of the molecule is CN=C(NCC(=O)N1CCc2sccc2C1)NC1CCN(c2ccccc2OC)C1. The number of nitrogens with zero attached hydrogens (tertiary/aromatic N) is 3. The monoisotopic (exact) mass is 427 g/mol. The lowest BCUT2D eigenvalue weighted by molar-refractivity contribution is -0.130. The number of guanidine groups is 1. The summed E-state index contributed by atoms with van der Waals surface area (Å²) in [5.41, 5.74) is 2.39. The van der Waals surface area contributed by atoms with Crippen molar-refractivity contribution in [3.05, 3.63) is 46.2 Å². The highest BCUT2D eigenvalue weighted by Gasteiger charge is 2.26. The lowest BCUT2D eigenvalue weighted by atomic mass is 10.1. The molecule has 2 N–H and O–H groups in total. The Labute approximate surface area is 181 Å². The van der Waals surface area contributed by atoms with Gasteiger partial charge in [0.05, 0.1) is 19.3 Å². The summed E-state index contributed by atoms with van der Waals surface area (Å²) in [6, 6.07) is 10.5. The standard InChI is InChI=1S/C22H29N5O2S/c1-23-22(24-13-21(28)27-11-8-20-16(14-27)9-12-30-20)25-17-7-10-26(15-17)18-5-3-4-6-19(18)29-2/h3-6,9,12,17H,7-8,10-11,13-15H2,1-2H3,(H2,23,24,25). The van der Waals surface area contributed by atoms with Gasteiger partial charge in [-0.15, -0.1) is 11.3 Å². The molecule has 0 spiro atoms. The van der Waals surface area contributed by atoms with Crippen LogP contribution >= 0.6 is 11.3 Å². The van der Waals surface area contributed by atoms with Gasteiger partial charge < -0.3 is 25.2 Å². The largest absolute Gasteiger partial charge is 0.495 e. The van der Waals surface area contributed by atoms with Gasteiger partial charge in [0.25, 0.3) is 0 Å². The Hall–Kier alpha value is -2.74. The van der Waals surface area contributed by atoms with Gasteiger partial charge in [0.1, 0.15) is 5.75 Å². The topological polar surface area (TPSA) is 69.2 Å². The molecule has 7 nitrogen and oxygen atoms in total. The molecule has 1 amide bonds. The first kappa shape index (κ1) is 20.5. The predicted molar refractivity (Wildman–Crippen MR) is 122 cm³/mol. The average Bonchev–Trinajstić information content (AvgIpc) is 3.45. The number of rotatable bonds is 5. The smallest absolute Gasteiger partial charge is 0.242 e. The second-order valence-electron chi connectivity index (χ2n) is 7.61. The van der Waals surface area contributed by atoms with Crippen molar-refractivity contribution in [2.75, 3.05) is 45.2 Å². The zero-order chi connectivity index (χ0) is 20.9. The van der Waals surface area contributed by atoms with Gasteiger partial charge in [-0.25, -0.2) is 0 Å². The number of ether oxygens (including phenoxy) is 1. The summed E-state index contributed by atoms with van der Waals surface area (Å²) in [6.45, 7) is 3.56. The number of thiophene rings is 1. The summed E-state index contributed by atoms with van der Waals surface area (Å²) < 4.78 is 5.49. The minimum atomic E-state index is 0.108. The number of amides is 1. The first-order chi connectivity index (χ1) is 14.7. The molecular weight excluding hydrogens is 398 g/mol. The molecule has 1 aromatic heterocycles. The van der Waals surface area contributed by atoms with Crippen molar-refractivity contribution in [1.82, 2.24) is 15.5 Å². The molecule has 4 rings (SSSR count). The molecule has 1 atom stereocenters. The van der Waals surface area contributed by atoms with Crippen molar-refractivity contribution in [3.8, 4) is 5.75 Å². The average molecular weight is 428 g/mol. The molecule has 8 heteroatoms. The van der Waals surface area contributed by atoms with Crippen LogP contribution in [-0.4, -0.2) is 63.1 Å². The van der Waals surface area contributed by atoms with Crippen LogP contribution < -0.4 is 20.3 Å². The van der Waals surface area contributed by atoms with Crippen LogP contribution in [0.2, 0.25) is 0 Å². The van der Waals surface area contributed by atoms with E-state index < -0.39 is 0 Å². The van der Waals surface area contributed by atoms with E-state index in [1.165, 1.54) is 10.4 Å². The van der Waals surface area contributed by atoms with E-state index in [-0.39, 0.29) is 18.5 Å². The molecule has 1 fully saturated rings. The molecule has 1 aromatic carbocycles. The molecule has 1 unspecified atom stereocenters. The van der Waals surface area contributed by atoms with Crippen LogP contribution in [0.3, 0.4) is 0 Å². The third-order valence-electron chi connectivity index (χ3n) is 5.75. The molecule has 2 aliphatic heterocycles. The minimum absolute atomic E-state index is 0.108. The highest BCUT2D eigenvalue weighted by Crippen LogP contribution is 2.30. The van der Waals surface area contributed by atoms with Gasteiger partial charge in [0.2, 0.25) is 5.91 Å². The number of carbonyl (C=O) groups excluding carboxylic acids is 1. The van der Waals surface area contributed by atoms with Crippen LogP contribution in [0.4, 0.5) is 5.69 Å². The van der Waals surface area contributed by atoms with Gasteiger partial charge in [-0.2, -0.15) is 0 Å². The normalized spacial score (nSPS) is 18.9. The number of hydrogen-bond donors (Lipinski definition) is 2. The van der Waals surface area contributed by atoms with Gasteiger partial charge in [0, 0.05) is 44.1 Å². The van der Waals surface area contributed by atoms with Gasteiger partial charge >= 0.3 is 0 Å². The first-order valence-corrected chi connectivity index (χ1v) is 11.2. The van der Waals surface area contributed by atoms with E-state index in [2.05, 4.69) is 38.0 Å². The molecule has 1 saturated heterocycles. The number of anilines is 1. The maximum absolute atomic E-state index is 12.7. The zero-order valence-corrected chi connectivity index (χ0v) is 18.4.